The third-order valence-corrected chi connectivity index (χ3v) is 5.74. The molecule has 0 radical (unpaired) electrons. The molecule has 3 N–H and O–H groups in total. The van der Waals surface area contributed by atoms with Crippen molar-refractivity contribution in [3.05, 3.63) is 16.7 Å². The van der Waals surface area contributed by atoms with Gasteiger partial charge in [0.1, 0.15) is 12.2 Å². The van der Waals surface area contributed by atoms with E-state index in [1.165, 1.54) is 12.7 Å². The van der Waals surface area contributed by atoms with Gasteiger partial charge in [-0.1, -0.05) is 19.8 Å². The fraction of sp³-hybridized carbons (Fsp3) is 0.682. The second kappa shape index (κ2) is 12.5. The molecule has 1 aliphatic heterocycles. The molecule has 0 aromatic carbocycles. The van der Waals surface area contributed by atoms with Gasteiger partial charge >= 0.3 is 12.1 Å². The number of aromatic amines is 1. The van der Waals surface area contributed by atoms with Gasteiger partial charge in [-0.25, -0.2) is 9.98 Å². The van der Waals surface area contributed by atoms with E-state index < -0.39 is 42.2 Å². The van der Waals surface area contributed by atoms with Crippen molar-refractivity contribution >= 4 is 29.4 Å². The molecule has 1 saturated heterocycles. The molecular formula is C22H32F3N7O5. The molecule has 1 unspecified atom stereocenters. The summed E-state index contributed by atoms with van der Waals surface area (Å²) in [6.07, 6.45) is -2.19. The fourth-order valence-corrected chi connectivity index (χ4v) is 3.89. The van der Waals surface area contributed by atoms with Crippen LogP contribution in [-0.2, 0) is 14.3 Å². The van der Waals surface area contributed by atoms with Gasteiger partial charge in [-0.05, 0) is 19.3 Å². The zero-order chi connectivity index (χ0) is 27.2. The number of amides is 1. The first-order valence-corrected chi connectivity index (χ1v) is 12.0. The van der Waals surface area contributed by atoms with E-state index in [1.807, 2.05) is 12.2 Å². The molecule has 15 heteroatoms. The van der Waals surface area contributed by atoms with Crippen LogP contribution in [0.3, 0.4) is 0 Å². The normalized spacial score (nSPS) is 22.2. The molecule has 4 atom stereocenters. The number of aliphatic hydroxyl groups is 1. The average Bonchev–Trinajstić information content (AvgIpc) is 3.39. The number of aromatic nitrogens is 4. The average molecular weight is 532 g/mol. The number of aliphatic imine (C=N–C) groups is 1. The van der Waals surface area contributed by atoms with Crippen molar-refractivity contribution < 1.29 is 32.5 Å². The lowest BCUT2D eigenvalue weighted by Gasteiger charge is -2.22. The van der Waals surface area contributed by atoms with E-state index in [0.29, 0.717) is 32.1 Å². The summed E-state index contributed by atoms with van der Waals surface area (Å²) >= 11 is 0. The van der Waals surface area contributed by atoms with Crippen molar-refractivity contribution in [2.45, 2.75) is 69.7 Å². The van der Waals surface area contributed by atoms with Gasteiger partial charge < -0.3 is 24.8 Å². The van der Waals surface area contributed by atoms with Crippen molar-refractivity contribution in [2.24, 2.45) is 4.99 Å². The number of fused-ring (bicyclic) bond motifs is 1. The van der Waals surface area contributed by atoms with Crippen molar-refractivity contribution in [1.82, 2.24) is 29.7 Å². The van der Waals surface area contributed by atoms with E-state index in [4.69, 9.17) is 9.47 Å². The molecule has 0 bridgehead atoms. The molecule has 206 valence electrons. The summed E-state index contributed by atoms with van der Waals surface area (Å²) in [5, 5.41) is 12.6. The van der Waals surface area contributed by atoms with Gasteiger partial charge in [0, 0.05) is 27.2 Å². The van der Waals surface area contributed by atoms with E-state index in [1.54, 1.807) is 23.6 Å². The number of hydrogen-bond acceptors (Lipinski definition) is 8. The zero-order valence-electron chi connectivity index (χ0n) is 20.9. The van der Waals surface area contributed by atoms with Gasteiger partial charge in [0.15, 0.2) is 17.4 Å². The van der Waals surface area contributed by atoms with E-state index in [-0.39, 0.29) is 30.3 Å². The van der Waals surface area contributed by atoms with Crippen LogP contribution in [-0.4, -0.2) is 93.5 Å². The maximum atomic E-state index is 12.5. The number of aliphatic hydroxyl groups excluding tert-OH is 1. The molecule has 0 saturated carbocycles. The van der Waals surface area contributed by atoms with E-state index in [0.717, 1.165) is 0 Å². The molecule has 1 fully saturated rings. The second-order valence-corrected chi connectivity index (χ2v) is 8.89. The Morgan fingerprint density at radius 1 is 1.35 bits per heavy atom. The molecule has 12 nitrogen and oxygen atoms in total. The maximum absolute atomic E-state index is 12.5. The summed E-state index contributed by atoms with van der Waals surface area (Å²) in [7, 11) is 3.55. The van der Waals surface area contributed by atoms with Crippen molar-refractivity contribution in [2.75, 3.05) is 27.2 Å². The Hall–Kier alpha value is -3.04. The maximum Gasteiger partial charge on any atom is 0.471 e. The predicted octanol–water partition coefficient (Wildman–Crippen LogP) is 1.63. The number of unbranched alkanes of at least 4 members (excludes halogenated alkanes) is 3. The Labute approximate surface area is 210 Å². The second-order valence-electron chi connectivity index (χ2n) is 8.89. The molecule has 1 amide bonds. The molecule has 2 aromatic rings. The minimum Gasteiger partial charge on any atom is -0.388 e. The van der Waals surface area contributed by atoms with Gasteiger partial charge in [-0.15, -0.1) is 0 Å². The number of H-pyrrole nitrogens is 1. The van der Waals surface area contributed by atoms with Crippen LogP contribution in [0.2, 0.25) is 0 Å². The highest BCUT2D eigenvalue weighted by molar-refractivity contribution is 5.81. The zero-order valence-corrected chi connectivity index (χ0v) is 20.9. The topological polar surface area (TPSA) is 147 Å². The molecular weight excluding hydrogens is 499 g/mol. The Balaban J connectivity index is 1.62. The van der Waals surface area contributed by atoms with Gasteiger partial charge in [0.25, 0.3) is 5.56 Å². The SMILES string of the molecule is CC[C@H]1O[C@@H](n2cnc3c(=O)[nH]c(N=CN(C)C)nc32)C(OCCCCCCNC(=O)C(F)(F)F)[C@H]1O. The number of carbonyl (C=O) groups is 1. The lowest BCUT2D eigenvalue weighted by atomic mass is 10.1. The van der Waals surface area contributed by atoms with Crippen LogP contribution in [0.25, 0.3) is 11.2 Å². The van der Waals surface area contributed by atoms with Gasteiger partial charge in [-0.2, -0.15) is 18.2 Å². The minimum atomic E-state index is -4.88. The first-order chi connectivity index (χ1) is 17.5. The third-order valence-electron chi connectivity index (χ3n) is 5.74. The summed E-state index contributed by atoms with van der Waals surface area (Å²) in [4.78, 5) is 40.2. The summed E-state index contributed by atoms with van der Waals surface area (Å²) < 4.78 is 50.1. The molecule has 1 aliphatic rings. The van der Waals surface area contributed by atoms with Gasteiger partial charge in [-0.3, -0.25) is 19.1 Å². The van der Waals surface area contributed by atoms with Gasteiger partial charge in [0.2, 0.25) is 5.95 Å². The molecule has 3 heterocycles. The Kier molecular flexibility index (Phi) is 9.62. The number of nitrogens with zero attached hydrogens (tertiary/aromatic N) is 5. The van der Waals surface area contributed by atoms with E-state index in [2.05, 4.69) is 19.9 Å². The number of imidazole rings is 1. The quantitative estimate of drug-likeness (QED) is 0.213. The Morgan fingerprint density at radius 2 is 2.08 bits per heavy atom. The first-order valence-electron chi connectivity index (χ1n) is 12.0. The Morgan fingerprint density at radius 3 is 2.76 bits per heavy atom. The predicted molar refractivity (Wildman–Crippen MR) is 127 cm³/mol. The molecule has 37 heavy (non-hydrogen) atoms. The van der Waals surface area contributed by atoms with Crippen molar-refractivity contribution in [3.8, 4) is 0 Å². The van der Waals surface area contributed by atoms with E-state index >= 15 is 0 Å². The fourth-order valence-electron chi connectivity index (χ4n) is 3.89. The van der Waals surface area contributed by atoms with Crippen LogP contribution in [0.15, 0.2) is 16.1 Å². The molecule has 3 rings (SSSR count). The Bertz CT molecular complexity index is 1130. The lowest BCUT2D eigenvalue weighted by Crippen LogP contribution is -2.37. The van der Waals surface area contributed by atoms with Crippen LogP contribution >= 0.6 is 0 Å². The largest absolute Gasteiger partial charge is 0.471 e. The number of nitrogens with one attached hydrogen (secondary N) is 2. The first kappa shape index (κ1) is 28.5. The summed E-state index contributed by atoms with van der Waals surface area (Å²) in [6.45, 7) is 2.08. The number of alkyl halides is 3. The van der Waals surface area contributed by atoms with Crippen LogP contribution in [0.4, 0.5) is 19.1 Å². The van der Waals surface area contributed by atoms with Gasteiger partial charge in [0.05, 0.1) is 18.8 Å². The van der Waals surface area contributed by atoms with Crippen LogP contribution in [0.1, 0.15) is 45.3 Å². The summed E-state index contributed by atoms with van der Waals surface area (Å²) in [5.74, 6) is -1.86. The van der Waals surface area contributed by atoms with Crippen molar-refractivity contribution in [3.63, 3.8) is 0 Å². The number of carbonyl (C=O) groups excluding carboxylic acids is 1. The smallest absolute Gasteiger partial charge is 0.388 e. The van der Waals surface area contributed by atoms with E-state index in [9.17, 15) is 27.9 Å². The number of hydrogen-bond donors (Lipinski definition) is 3. The monoisotopic (exact) mass is 531 g/mol. The van der Waals surface area contributed by atoms with Crippen LogP contribution in [0.5, 0.6) is 0 Å². The molecule has 0 aliphatic carbocycles. The minimum absolute atomic E-state index is 0.0605. The number of rotatable bonds is 12. The highest BCUT2D eigenvalue weighted by Gasteiger charge is 2.45. The standard InChI is InChI=1S/C22H32F3N7O5/c1-4-13-15(33)16(36-10-8-6-5-7-9-26-20(35)22(23,24)25)19(37-13)32-12-27-14-17(32)29-21(30-18(14)34)28-11-31(2)3/h11-13,15-16,19,33H,4-10H2,1-3H3,(H,26,35)(H,29,30,34)/t13-,15+,16?,19-/m1/s1. The number of halogens is 3. The van der Waals surface area contributed by atoms with Crippen LogP contribution < -0.4 is 10.9 Å². The third kappa shape index (κ3) is 7.26. The highest BCUT2D eigenvalue weighted by Crippen LogP contribution is 2.34. The molecule has 2 aromatic heterocycles. The highest BCUT2D eigenvalue weighted by atomic mass is 19.4. The van der Waals surface area contributed by atoms with Crippen molar-refractivity contribution in [1.29, 1.82) is 0 Å². The number of ether oxygens (including phenoxy) is 2. The molecule has 0 spiro atoms. The lowest BCUT2D eigenvalue weighted by molar-refractivity contribution is -0.173. The van der Waals surface area contributed by atoms with Crippen LogP contribution in [0, 0.1) is 0 Å². The summed E-state index contributed by atoms with van der Waals surface area (Å²) in [6, 6.07) is 0. The summed E-state index contributed by atoms with van der Waals surface area (Å²) in [5.41, 5.74) is -0.138.